The fraction of sp³-hybridized carbons (Fsp3) is 0.217. The first-order valence-electron chi connectivity index (χ1n) is 10.2. The van der Waals surface area contributed by atoms with Gasteiger partial charge >= 0.3 is 5.97 Å². The molecule has 1 fully saturated rings. The van der Waals surface area contributed by atoms with E-state index < -0.39 is 18.2 Å². The number of hydrogen-bond donors (Lipinski definition) is 2. The first-order valence-corrected chi connectivity index (χ1v) is 10.2. The third-order valence-electron chi connectivity index (χ3n) is 5.64. The molecule has 2 N–H and O–H groups in total. The van der Waals surface area contributed by atoms with E-state index in [0.717, 1.165) is 0 Å². The van der Waals surface area contributed by atoms with Crippen LogP contribution in [0.1, 0.15) is 24.8 Å². The number of nitrogens with zero attached hydrogens (tertiary/aromatic N) is 3. The highest BCUT2D eigenvalue weighted by Crippen LogP contribution is 2.32. The van der Waals surface area contributed by atoms with Crippen LogP contribution >= 0.6 is 0 Å². The Morgan fingerprint density at radius 2 is 1.94 bits per heavy atom. The Labute approximate surface area is 185 Å². The summed E-state index contributed by atoms with van der Waals surface area (Å²) in [6, 6.07) is 8.54. The largest absolute Gasteiger partial charge is 0.481 e. The zero-order valence-electron chi connectivity index (χ0n) is 17.0. The normalized spacial score (nSPS) is 17.8. The number of aromatic amines is 1. The second kappa shape index (κ2) is 8.19. The number of alkyl halides is 2. The summed E-state index contributed by atoms with van der Waals surface area (Å²) in [6.45, 7) is 0. The molecular weight excluding hydrogens is 437 g/mol. The van der Waals surface area contributed by atoms with Crippen molar-refractivity contribution in [3.8, 4) is 28.5 Å². The SMILES string of the molecule is O=C(O)C1CC(Oc2cnc(-c3ccc(-c4nc5ccc(C(F)F)cc5[nH]4)c(F)c3)cn2)C1. The zero-order valence-corrected chi connectivity index (χ0v) is 17.0. The number of halogens is 3. The fourth-order valence-electron chi connectivity index (χ4n) is 3.72. The molecule has 0 aliphatic heterocycles. The summed E-state index contributed by atoms with van der Waals surface area (Å²) in [7, 11) is 0. The maximum Gasteiger partial charge on any atom is 0.306 e. The summed E-state index contributed by atoms with van der Waals surface area (Å²) in [5.41, 5.74) is 1.82. The van der Waals surface area contributed by atoms with Gasteiger partial charge < -0.3 is 14.8 Å². The summed E-state index contributed by atoms with van der Waals surface area (Å²) in [5.74, 6) is -1.27. The van der Waals surface area contributed by atoms with E-state index in [1.165, 1.54) is 42.7 Å². The van der Waals surface area contributed by atoms with Crippen LogP contribution < -0.4 is 4.74 Å². The highest BCUT2D eigenvalue weighted by atomic mass is 19.3. The topological polar surface area (TPSA) is 101 Å². The fourth-order valence-corrected chi connectivity index (χ4v) is 3.72. The van der Waals surface area contributed by atoms with Crippen LogP contribution in [0, 0.1) is 11.7 Å². The van der Waals surface area contributed by atoms with Crippen LogP contribution in [0.25, 0.3) is 33.7 Å². The minimum atomic E-state index is -2.61. The van der Waals surface area contributed by atoms with Gasteiger partial charge in [0.1, 0.15) is 17.7 Å². The molecule has 0 saturated heterocycles. The molecule has 5 rings (SSSR count). The van der Waals surface area contributed by atoms with Crippen LogP contribution in [0.15, 0.2) is 48.8 Å². The average Bonchev–Trinajstić information content (AvgIpc) is 3.19. The van der Waals surface area contributed by atoms with Gasteiger partial charge in [0.05, 0.1) is 40.6 Å². The van der Waals surface area contributed by atoms with Crippen molar-refractivity contribution in [2.75, 3.05) is 0 Å². The Balaban J connectivity index is 1.33. The molecule has 1 aliphatic rings. The first kappa shape index (κ1) is 20.9. The van der Waals surface area contributed by atoms with Crippen LogP contribution in [0.5, 0.6) is 5.88 Å². The molecule has 0 amide bonds. The van der Waals surface area contributed by atoms with Gasteiger partial charge in [-0.2, -0.15) is 0 Å². The van der Waals surface area contributed by atoms with Gasteiger partial charge in [-0.05, 0) is 37.1 Å². The monoisotopic (exact) mass is 454 g/mol. The molecule has 7 nitrogen and oxygen atoms in total. The van der Waals surface area contributed by atoms with Crippen LogP contribution in [-0.2, 0) is 4.79 Å². The van der Waals surface area contributed by atoms with Crippen molar-refractivity contribution in [2.45, 2.75) is 25.4 Å². The lowest BCUT2D eigenvalue weighted by Crippen LogP contribution is -2.38. The zero-order chi connectivity index (χ0) is 23.1. The first-order chi connectivity index (χ1) is 15.9. The lowest BCUT2D eigenvalue weighted by molar-refractivity contribution is -0.148. The second-order valence-electron chi connectivity index (χ2n) is 7.84. The van der Waals surface area contributed by atoms with E-state index in [-0.39, 0.29) is 34.9 Å². The van der Waals surface area contributed by atoms with E-state index in [4.69, 9.17) is 9.84 Å². The van der Waals surface area contributed by atoms with Crippen LogP contribution in [0.4, 0.5) is 13.2 Å². The van der Waals surface area contributed by atoms with E-state index in [1.54, 1.807) is 6.07 Å². The lowest BCUT2D eigenvalue weighted by Gasteiger charge is -2.31. The average molecular weight is 454 g/mol. The van der Waals surface area contributed by atoms with Crippen LogP contribution in [0.2, 0.25) is 0 Å². The maximum atomic E-state index is 14.9. The van der Waals surface area contributed by atoms with Crippen molar-refractivity contribution < 1.29 is 27.8 Å². The number of benzene rings is 2. The van der Waals surface area contributed by atoms with Crippen molar-refractivity contribution >= 4 is 17.0 Å². The number of imidazole rings is 1. The van der Waals surface area contributed by atoms with Gasteiger partial charge in [-0.1, -0.05) is 12.1 Å². The second-order valence-corrected chi connectivity index (χ2v) is 7.84. The number of fused-ring (bicyclic) bond motifs is 1. The summed E-state index contributed by atoms with van der Waals surface area (Å²) >= 11 is 0. The standard InChI is InChI=1S/C23H17F3N4O3/c24-16-7-11(19-9-28-20(10-27-19)33-14-5-13(6-14)23(31)32)1-3-15(16)22-29-17-4-2-12(21(25)26)8-18(17)30-22/h1-4,7-10,13-14,21H,5-6H2,(H,29,30)(H,31,32). The summed E-state index contributed by atoms with van der Waals surface area (Å²) in [5, 5.41) is 8.91. The molecular formula is C23H17F3N4O3. The maximum absolute atomic E-state index is 14.9. The number of carboxylic acid groups (broad SMARTS) is 1. The van der Waals surface area contributed by atoms with E-state index >= 15 is 0 Å². The molecule has 1 aliphatic carbocycles. The molecule has 0 spiro atoms. The van der Waals surface area contributed by atoms with Gasteiger partial charge in [-0.3, -0.25) is 4.79 Å². The Morgan fingerprint density at radius 1 is 1.12 bits per heavy atom. The molecule has 2 aromatic heterocycles. The van der Waals surface area contributed by atoms with E-state index in [0.29, 0.717) is 35.1 Å². The minimum Gasteiger partial charge on any atom is -0.481 e. The quantitative estimate of drug-likeness (QED) is 0.425. The van der Waals surface area contributed by atoms with Crippen LogP contribution in [-0.4, -0.2) is 37.1 Å². The number of aliphatic carboxylic acids is 1. The van der Waals surface area contributed by atoms with Gasteiger partial charge in [0, 0.05) is 11.1 Å². The van der Waals surface area contributed by atoms with Crippen molar-refractivity contribution in [1.29, 1.82) is 0 Å². The molecule has 4 aromatic rings. The third kappa shape index (κ3) is 4.11. The Hall–Kier alpha value is -3.95. The number of carboxylic acids is 1. The predicted molar refractivity (Wildman–Crippen MR) is 112 cm³/mol. The van der Waals surface area contributed by atoms with Gasteiger partial charge in [0.2, 0.25) is 5.88 Å². The number of aromatic nitrogens is 4. The minimum absolute atomic E-state index is 0.140. The van der Waals surface area contributed by atoms with Gasteiger partial charge in [-0.15, -0.1) is 0 Å². The molecule has 2 aromatic carbocycles. The molecule has 0 atom stereocenters. The number of nitrogens with one attached hydrogen (secondary N) is 1. The molecule has 2 heterocycles. The van der Waals surface area contributed by atoms with E-state index in [9.17, 15) is 18.0 Å². The summed E-state index contributed by atoms with van der Waals surface area (Å²) in [6.07, 6.45) is 0.904. The molecule has 10 heteroatoms. The van der Waals surface area contributed by atoms with Crippen molar-refractivity contribution in [1.82, 2.24) is 19.9 Å². The Morgan fingerprint density at radius 3 is 2.61 bits per heavy atom. The van der Waals surface area contributed by atoms with Crippen molar-refractivity contribution in [3.63, 3.8) is 0 Å². The number of hydrogen-bond acceptors (Lipinski definition) is 5. The molecule has 0 unspecified atom stereocenters. The molecule has 0 radical (unpaired) electrons. The highest BCUT2D eigenvalue weighted by Gasteiger charge is 2.36. The smallest absolute Gasteiger partial charge is 0.306 e. The molecule has 1 saturated carbocycles. The van der Waals surface area contributed by atoms with E-state index in [1.807, 2.05) is 0 Å². The van der Waals surface area contributed by atoms with Crippen LogP contribution in [0.3, 0.4) is 0 Å². The number of H-pyrrole nitrogens is 1. The Bertz CT molecular complexity index is 1330. The highest BCUT2D eigenvalue weighted by molar-refractivity contribution is 5.80. The number of rotatable bonds is 6. The summed E-state index contributed by atoms with van der Waals surface area (Å²) in [4.78, 5) is 26.5. The van der Waals surface area contributed by atoms with Gasteiger partial charge in [-0.25, -0.2) is 28.1 Å². The van der Waals surface area contributed by atoms with Gasteiger partial charge in [0.15, 0.2) is 0 Å². The third-order valence-corrected chi connectivity index (χ3v) is 5.64. The Kier molecular flexibility index (Phi) is 5.20. The number of ether oxygens (including phenoxy) is 1. The summed E-state index contributed by atoms with van der Waals surface area (Å²) < 4.78 is 46.3. The molecule has 0 bridgehead atoms. The van der Waals surface area contributed by atoms with E-state index in [2.05, 4.69) is 19.9 Å². The predicted octanol–water partition coefficient (Wildman–Crippen LogP) is 5.01. The van der Waals surface area contributed by atoms with Gasteiger partial charge in [0.25, 0.3) is 6.43 Å². The number of carbonyl (C=O) groups is 1. The molecule has 168 valence electrons. The van der Waals surface area contributed by atoms with Crippen molar-refractivity contribution in [2.24, 2.45) is 5.92 Å². The van der Waals surface area contributed by atoms with Crippen molar-refractivity contribution in [3.05, 3.63) is 60.2 Å². The molecule has 33 heavy (non-hydrogen) atoms. The lowest BCUT2D eigenvalue weighted by atomic mass is 9.82.